The van der Waals surface area contributed by atoms with Crippen molar-refractivity contribution in [1.29, 1.82) is 0 Å². The molecule has 1 amide bonds. The van der Waals surface area contributed by atoms with E-state index in [0.29, 0.717) is 50.9 Å². The number of aromatic nitrogens is 2. The Morgan fingerprint density at radius 1 is 1.06 bits per heavy atom. The summed E-state index contributed by atoms with van der Waals surface area (Å²) in [7, 11) is 0. The van der Waals surface area contributed by atoms with Gasteiger partial charge >= 0.3 is 11.9 Å². The molecule has 2 aliphatic carbocycles. The number of carbonyl (C=O) groups excluding carboxylic acids is 1. The zero-order valence-corrected chi connectivity index (χ0v) is 20.1. The van der Waals surface area contributed by atoms with Crippen molar-refractivity contribution in [3.8, 4) is 0 Å². The molecule has 2 aromatic rings. The van der Waals surface area contributed by atoms with E-state index in [0.717, 1.165) is 18.4 Å². The molecule has 8 heteroatoms. The Balaban J connectivity index is 1.43. The highest BCUT2D eigenvalue weighted by atomic mass is 16.4. The average molecular weight is 482 g/mol. The molecule has 0 radical (unpaired) electrons. The molecule has 188 valence electrons. The Bertz CT molecular complexity index is 1020. The van der Waals surface area contributed by atoms with E-state index in [9.17, 15) is 24.6 Å². The lowest BCUT2D eigenvalue weighted by Gasteiger charge is -2.34. The lowest BCUT2D eigenvalue weighted by Crippen LogP contribution is -2.47. The minimum atomic E-state index is -0.902. The first-order chi connectivity index (χ1) is 16.9. The number of hydrogen-bond donors (Lipinski definition) is 3. The first kappa shape index (κ1) is 24.9. The van der Waals surface area contributed by atoms with Gasteiger partial charge in [0.25, 0.3) is 0 Å². The van der Waals surface area contributed by atoms with Gasteiger partial charge in [-0.05, 0) is 50.5 Å². The Kier molecular flexibility index (Phi) is 7.88. The zero-order chi connectivity index (χ0) is 24.8. The number of nitrogens with zero attached hydrogens (tertiary/aromatic N) is 2. The van der Waals surface area contributed by atoms with Gasteiger partial charge in [0.1, 0.15) is 5.82 Å². The SMILES string of the molecule is O=C(O)C(Cc1nccn1Cc1ccccc1)CC1(C(=O)N[C@H]2CC[C@@H](C(=O)O)CC2)CCCC1. The van der Waals surface area contributed by atoms with Crippen molar-refractivity contribution in [2.24, 2.45) is 17.3 Å². The number of imidazole rings is 1. The number of hydrogen-bond acceptors (Lipinski definition) is 4. The molecule has 4 rings (SSSR count). The van der Waals surface area contributed by atoms with Gasteiger partial charge in [0.15, 0.2) is 0 Å². The first-order valence-electron chi connectivity index (χ1n) is 12.7. The van der Waals surface area contributed by atoms with E-state index >= 15 is 0 Å². The van der Waals surface area contributed by atoms with Crippen molar-refractivity contribution < 1.29 is 24.6 Å². The summed E-state index contributed by atoms with van der Waals surface area (Å²) in [6.45, 7) is 0.618. The van der Waals surface area contributed by atoms with Crippen LogP contribution in [0, 0.1) is 17.3 Å². The lowest BCUT2D eigenvalue weighted by atomic mass is 9.75. The number of carbonyl (C=O) groups is 3. The highest BCUT2D eigenvalue weighted by Crippen LogP contribution is 2.44. The summed E-state index contributed by atoms with van der Waals surface area (Å²) in [6, 6.07) is 9.93. The molecule has 35 heavy (non-hydrogen) atoms. The molecule has 2 saturated carbocycles. The van der Waals surface area contributed by atoms with Crippen LogP contribution in [0.4, 0.5) is 0 Å². The Morgan fingerprint density at radius 2 is 1.74 bits per heavy atom. The quantitative estimate of drug-likeness (QED) is 0.473. The Morgan fingerprint density at radius 3 is 2.37 bits per heavy atom. The minimum absolute atomic E-state index is 0.0383. The standard InChI is InChI=1S/C27H35N3O5/c31-24(32)20-8-10-22(11-9-20)29-26(35)27(12-4-5-13-27)17-21(25(33)34)16-23-28-14-15-30(23)18-19-6-2-1-3-7-19/h1-3,6-7,14-15,20-22H,4-5,8-13,16-18H2,(H,29,35)(H,31,32)(H,33,34)/t20-,21?,22+. The number of amides is 1. The number of benzene rings is 1. The fraction of sp³-hybridized carbons (Fsp3) is 0.556. The molecule has 0 aliphatic heterocycles. The third-order valence-electron chi connectivity index (χ3n) is 7.87. The predicted octanol–water partition coefficient (Wildman–Crippen LogP) is 3.88. The van der Waals surface area contributed by atoms with Crippen LogP contribution in [0.3, 0.4) is 0 Å². The highest BCUT2D eigenvalue weighted by molar-refractivity contribution is 5.84. The highest BCUT2D eigenvalue weighted by Gasteiger charge is 2.45. The molecule has 1 atom stereocenters. The van der Waals surface area contributed by atoms with Crippen molar-refractivity contribution in [2.75, 3.05) is 0 Å². The van der Waals surface area contributed by atoms with Gasteiger partial charge < -0.3 is 20.1 Å². The van der Waals surface area contributed by atoms with E-state index in [1.807, 2.05) is 41.1 Å². The molecule has 2 aliphatic rings. The number of carboxylic acids is 2. The summed E-state index contributed by atoms with van der Waals surface area (Å²) in [6.07, 6.45) is 9.75. The summed E-state index contributed by atoms with van der Waals surface area (Å²) in [5.74, 6) is -2.06. The fourth-order valence-electron chi connectivity index (χ4n) is 5.79. The summed E-state index contributed by atoms with van der Waals surface area (Å²) < 4.78 is 1.98. The molecule has 1 aromatic heterocycles. The Labute approximate surface area is 205 Å². The van der Waals surface area contributed by atoms with E-state index in [4.69, 9.17) is 0 Å². The predicted molar refractivity (Wildman–Crippen MR) is 130 cm³/mol. The van der Waals surface area contributed by atoms with Crippen molar-refractivity contribution in [2.45, 2.75) is 76.8 Å². The van der Waals surface area contributed by atoms with E-state index in [-0.39, 0.29) is 30.7 Å². The van der Waals surface area contributed by atoms with Gasteiger partial charge in [0, 0.05) is 31.4 Å². The van der Waals surface area contributed by atoms with E-state index in [1.54, 1.807) is 6.20 Å². The van der Waals surface area contributed by atoms with Crippen LogP contribution >= 0.6 is 0 Å². The van der Waals surface area contributed by atoms with Gasteiger partial charge in [-0.1, -0.05) is 43.2 Å². The zero-order valence-electron chi connectivity index (χ0n) is 20.1. The van der Waals surface area contributed by atoms with Crippen LogP contribution in [-0.2, 0) is 27.3 Å². The maximum atomic E-state index is 13.5. The van der Waals surface area contributed by atoms with E-state index in [2.05, 4.69) is 10.3 Å². The largest absolute Gasteiger partial charge is 0.481 e. The van der Waals surface area contributed by atoms with Gasteiger partial charge in [0.2, 0.25) is 5.91 Å². The van der Waals surface area contributed by atoms with Crippen molar-refractivity contribution in [3.05, 3.63) is 54.1 Å². The summed E-state index contributed by atoms with van der Waals surface area (Å²) in [4.78, 5) is 41.5. The van der Waals surface area contributed by atoms with Gasteiger partial charge in [-0.25, -0.2) is 4.98 Å². The van der Waals surface area contributed by atoms with Crippen molar-refractivity contribution in [3.63, 3.8) is 0 Å². The van der Waals surface area contributed by atoms with Gasteiger partial charge in [-0.2, -0.15) is 0 Å². The molecule has 3 N–H and O–H groups in total. The second kappa shape index (κ2) is 11.1. The maximum absolute atomic E-state index is 13.5. The minimum Gasteiger partial charge on any atom is -0.481 e. The third kappa shape index (κ3) is 6.10. The molecular formula is C27H35N3O5. The smallest absolute Gasteiger partial charge is 0.306 e. The summed E-state index contributed by atoms with van der Waals surface area (Å²) in [5, 5.41) is 22.5. The van der Waals surface area contributed by atoms with E-state index in [1.165, 1.54) is 0 Å². The lowest BCUT2D eigenvalue weighted by molar-refractivity contribution is -0.144. The molecule has 0 bridgehead atoms. The van der Waals surface area contributed by atoms with Crippen LogP contribution in [0.25, 0.3) is 0 Å². The maximum Gasteiger partial charge on any atom is 0.306 e. The molecular weight excluding hydrogens is 446 g/mol. The molecule has 2 fully saturated rings. The molecule has 1 aromatic carbocycles. The molecule has 0 saturated heterocycles. The van der Waals surface area contributed by atoms with Crippen LogP contribution in [0.1, 0.15) is 69.2 Å². The number of aliphatic carboxylic acids is 2. The van der Waals surface area contributed by atoms with Gasteiger partial charge in [0.05, 0.1) is 17.3 Å². The van der Waals surface area contributed by atoms with E-state index < -0.39 is 23.3 Å². The average Bonchev–Trinajstić information content (AvgIpc) is 3.50. The fourth-order valence-corrected chi connectivity index (χ4v) is 5.79. The molecule has 8 nitrogen and oxygen atoms in total. The van der Waals surface area contributed by atoms with Crippen molar-refractivity contribution >= 4 is 17.8 Å². The Hall–Kier alpha value is -3.16. The normalized spacial score (nSPS) is 22.4. The van der Waals surface area contributed by atoms with Gasteiger partial charge in [-0.3, -0.25) is 14.4 Å². The molecule has 1 unspecified atom stereocenters. The summed E-state index contributed by atoms with van der Waals surface area (Å²) in [5.41, 5.74) is 0.423. The monoisotopic (exact) mass is 481 g/mol. The van der Waals surface area contributed by atoms with Crippen LogP contribution in [0.2, 0.25) is 0 Å². The third-order valence-corrected chi connectivity index (χ3v) is 7.87. The van der Waals surface area contributed by atoms with Crippen molar-refractivity contribution in [1.82, 2.24) is 14.9 Å². The van der Waals surface area contributed by atoms with Gasteiger partial charge in [-0.15, -0.1) is 0 Å². The first-order valence-corrected chi connectivity index (χ1v) is 12.7. The van der Waals surface area contributed by atoms with Crippen LogP contribution < -0.4 is 5.32 Å². The second-order valence-electron chi connectivity index (χ2n) is 10.2. The molecule has 1 heterocycles. The second-order valence-corrected chi connectivity index (χ2v) is 10.2. The molecule has 0 spiro atoms. The topological polar surface area (TPSA) is 122 Å². The number of carboxylic acid groups (broad SMARTS) is 2. The summed E-state index contributed by atoms with van der Waals surface area (Å²) >= 11 is 0. The number of rotatable bonds is 10. The van der Waals surface area contributed by atoms with Crippen LogP contribution in [0.5, 0.6) is 0 Å². The van der Waals surface area contributed by atoms with Crippen LogP contribution in [0.15, 0.2) is 42.7 Å². The van der Waals surface area contributed by atoms with Crippen LogP contribution in [-0.4, -0.2) is 43.7 Å². The number of nitrogens with one attached hydrogen (secondary N) is 1.